The molecule has 1 fully saturated rings. The quantitative estimate of drug-likeness (QED) is 0.678. The van der Waals surface area contributed by atoms with Crippen LogP contribution in [0.1, 0.15) is 36.9 Å². The van der Waals surface area contributed by atoms with Crippen molar-refractivity contribution in [2.24, 2.45) is 0 Å². The lowest BCUT2D eigenvalue weighted by molar-refractivity contribution is -0.133. The molecule has 1 amide bonds. The fraction of sp³-hybridized carbons (Fsp3) is 0.455. The molecule has 0 bridgehead atoms. The number of amides is 1. The van der Waals surface area contributed by atoms with Gasteiger partial charge in [0.05, 0.1) is 13.2 Å². The van der Waals surface area contributed by atoms with Crippen LogP contribution in [-0.4, -0.2) is 42.2 Å². The molecule has 0 saturated carbocycles. The largest absolute Gasteiger partial charge is 0.497 e. The first kappa shape index (κ1) is 19.4. The van der Waals surface area contributed by atoms with E-state index in [-0.39, 0.29) is 12.0 Å². The van der Waals surface area contributed by atoms with E-state index in [1.165, 1.54) is 0 Å². The molecular weight excluding hydrogens is 340 g/mol. The van der Waals surface area contributed by atoms with Gasteiger partial charge in [-0.15, -0.1) is 0 Å². The molecule has 5 nitrogen and oxygen atoms in total. The number of hydrogen-bond donors (Lipinski definition) is 0. The Morgan fingerprint density at radius 2 is 2.22 bits per heavy atom. The number of pyridine rings is 1. The van der Waals surface area contributed by atoms with Gasteiger partial charge in [-0.25, -0.2) is 0 Å². The Morgan fingerprint density at radius 1 is 1.30 bits per heavy atom. The highest BCUT2D eigenvalue weighted by Crippen LogP contribution is 2.19. The fourth-order valence-corrected chi connectivity index (χ4v) is 3.40. The predicted molar refractivity (Wildman–Crippen MR) is 105 cm³/mol. The average Bonchev–Trinajstić information content (AvgIpc) is 3.21. The fourth-order valence-electron chi connectivity index (χ4n) is 3.40. The topological polar surface area (TPSA) is 51.7 Å². The zero-order valence-corrected chi connectivity index (χ0v) is 16.0. The number of ether oxygens (including phenoxy) is 2. The number of hydrogen-bond acceptors (Lipinski definition) is 4. The van der Waals surface area contributed by atoms with Gasteiger partial charge in [0.25, 0.3) is 0 Å². The van der Waals surface area contributed by atoms with E-state index in [2.05, 4.69) is 4.98 Å². The lowest BCUT2D eigenvalue weighted by Gasteiger charge is -2.26. The monoisotopic (exact) mass is 368 g/mol. The van der Waals surface area contributed by atoms with Crippen molar-refractivity contribution in [1.29, 1.82) is 0 Å². The molecule has 1 aromatic heterocycles. The van der Waals surface area contributed by atoms with Crippen LogP contribution >= 0.6 is 0 Å². The van der Waals surface area contributed by atoms with Gasteiger partial charge in [0.2, 0.25) is 5.91 Å². The second-order valence-corrected chi connectivity index (χ2v) is 6.94. The van der Waals surface area contributed by atoms with E-state index in [9.17, 15) is 4.79 Å². The minimum absolute atomic E-state index is 0.148. The molecule has 1 unspecified atom stereocenters. The standard InChI is InChI=1S/C22H28N2O3/c1-26-20-10-4-7-18(15-20)16-24(17-21-11-6-14-27-21)22(25)12-5-9-19-8-2-3-13-23-19/h2-4,7-8,10,13,15,21H,5-6,9,11-12,14,16-17H2,1H3. The van der Waals surface area contributed by atoms with E-state index in [0.717, 1.165) is 49.3 Å². The van der Waals surface area contributed by atoms with Crippen molar-refractivity contribution in [2.45, 2.75) is 44.8 Å². The van der Waals surface area contributed by atoms with Crippen molar-refractivity contribution < 1.29 is 14.3 Å². The summed E-state index contributed by atoms with van der Waals surface area (Å²) in [5.41, 5.74) is 2.11. The third kappa shape index (κ3) is 6.07. The van der Waals surface area contributed by atoms with Gasteiger partial charge in [0.15, 0.2) is 0 Å². The maximum atomic E-state index is 12.9. The van der Waals surface area contributed by atoms with E-state index in [0.29, 0.717) is 19.5 Å². The molecule has 0 spiro atoms. The molecule has 1 aliphatic heterocycles. The van der Waals surface area contributed by atoms with Crippen LogP contribution in [0.5, 0.6) is 5.75 Å². The summed E-state index contributed by atoms with van der Waals surface area (Å²) in [7, 11) is 1.66. The summed E-state index contributed by atoms with van der Waals surface area (Å²) in [5, 5.41) is 0. The van der Waals surface area contributed by atoms with Crippen LogP contribution in [0.25, 0.3) is 0 Å². The molecule has 27 heavy (non-hydrogen) atoms. The van der Waals surface area contributed by atoms with Crippen LogP contribution in [0, 0.1) is 0 Å². The van der Waals surface area contributed by atoms with Crippen molar-refractivity contribution in [3.8, 4) is 5.75 Å². The third-order valence-electron chi connectivity index (χ3n) is 4.86. The second kappa shape index (κ2) is 10.1. The van der Waals surface area contributed by atoms with Crippen LogP contribution in [-0.2, 0) is 22.5 Å². The summed E-state index contributed by atoms with van der Waals surface area (Å²) >= 11 is 0. The van der Waals surface area contributed by atoms with Crippen LogP contribution in [0.3, 0.4) is 0 Å². The Labute approximate surface area is 161 Å². The van der Waals surface area contributed by atoms with Gasteiger partial charge in [-0.1, -0.05) is 18.2 Å². The molecule has 144 valence electrons. The summed E-state index contributed by atoms with van der Waals surface area (Å²) in [4.78, 5) is 19.2. The highest BCUT2D eigenvalue weighted by Gasteiger charge is 2.22. The lowest BCUT2D eigenvalue weighted by Crippen LogP contribution is -2.36. The predicted octanol–water partition coefficient (Wildman–Crippen LogP) is 3.62. The van der Waals surface area contributed by atoms with Crippen LogP contribution < -0.4 is 4.74 Å². The molecule has 1 aromatic carbocycles. The zero-order valence-electron chi connectivity index (χ0n) is 16.0. The van der Waals surface area contributed by atoms with Crippen LogP contribution in [0.4, 0.5) is 0 Å². The van der Waals surface area contributed by atoms with Crippen LogP contribution in [0.2, 0.25) is 0 Å². The van der Waals surface area contributed by atoms with Gasteiger partial charge in [-0.05, 0) is 55.5 Å². The number of benzene rings is 1. The first-order valence-corrected chi connectivity index (χ1v) is 9.67. The molecular formula is C22H28N2O3. The first-order chi connectivity index (χ1) is 13.2. The molecule has 3 rings (SSSR count). The van der Waals surface area contributed by atoms with Crippen molar-refractivity contribution in [2.75, 3.05) is 20.3 Å². The second-order valence-electron chi connectivity index (χ2n) is 6.94. The Kier molecular flexibility index (Phi) is 7.22. The van der Waals surface area contributed by atoms with Gasteiger partial charge in [0, 0.05) is 38.0 Å². The summed E-state index contributed by atoms with van der Waals surface area (Å²) < 4.78 is 11.1. The Bertz CT molecular complexity index is 715. The SMILES string of the molecule is COc1cccc(CN(CC2CCCO2)C(=O)CCCc2ccccn2)c1. The minimum atomic E-state index is 0.148. The van der Waals surface area contributed by atoms with Gasteiger partial charge in [-0.3, -0.25) is 9.78 Å². The first-order valence-electron chi connectivity index (χ1n) is 9.67. The summed E-state index contributed by atoms with van der Waals surface area (Å²) in [6.45, 7) is 2.03. The number of aryl methyl sites for hydroxylation is 1. The van der Waals surface area contributed by atoms with E-state index in [1.54, 1.807) is 13.3 Å². The molecule has 5 heteroatoms. The molecule has 1 aliphatic rings. The zero-order chi connectivity index (χ0) is 18.9. The van der Waals surface area contributed by atoms with Gasteiger partial charge in [-0.2, -0.15) is 0 Å². The smallest absolute Gasteiger partial charge is 0.222 e. The summed E-state index contributed by atoms with van der Waals surface area (Å²) in [6.07, 6.45) is 6.18. The van der Waals surface area contributed by atoms with Gasteiger partial charge >= 0.3 is 0 Å². The molecule has 1 atom stereocenters. The molecule has 0 radical (unpaired) electrons. The highest BCUT2D eigenvalue weighted by molar-refractivity contribution is 5.76. The molecule has 2 aromatic rings. The Hall–Kier alpha value is -2.40. The maximum Gasteiger partial charge on any atom is 0.222 e. The highest BCUT2D eigenvalue weighted by atomic mass is 16.5. The molecule has 2 heterocycles. The Morgan fingerprint density at radius 3 is 2.96 bits per heavy atom. The number of aromatic nitrogens is 1. The number of carbonyl (C=O) groups is 1. The van der Waals surface area contributed by atoms with Crippen molar-refractivity contribution in [1.82, 2.24) is 9.88 Å². The maximum absolute atomic E-state index is 12.9. The van der Waals surface area contributed by atoms with E-state index < -0.39 is 0 Å². The van der Waals surface area contributed by atoms with Crippen molar-refractivity contribution >= 4 is 5.91 Å². The van der Waals surface area contributed by atoms with E-state index in [1.807, 2.05) is 47.4 Å². The summed E-state index contributed by atoms with van der Waals surface area (Å²) in [6, 6.07) is 13.8. The molecule has 1 saturated heterocycles. The Balaban J connectivity index is 1.60. The van der Waals surface area contributed by atoms with Crippen molar-refractivity contribution in [3.63, 3.8) is 0 Å². The normalized spacial score (nSPS) is 16.3. The third-order valence-corrected chi connectivity index (χ3v) is 4.86. The number of nitrogens with zero attached hydrogens (tertiary/aromatic N) is 2. The number of rotatable bonds is 9. The summed E-state index contributed by atoms with van der Waals surface area (Å²) in [5.74, 6) is 0.983. The number of carbonyl (C=O) groups excluding carboxylic acids is 1. The van der Waals surface area contributed by atoms with E-state index >= 15 is 0 Å². The van der Waals surface area contributed by atoms with Gasteiger partial charge < -0.3 is 14.4 Å². The average molecular weight is 368 g/mol. The molecule has 0 aliphatic carbocycles. The van der Waals surface area contributed by atoms with Crippen LogP contribution in [0.15, 0.2) is 48.7 Å². The van der Waals surface area contributed by atoms with Gasteiger partial charge in [0.1, 0.15) is 5.75 Å². The minimum Gasteiger partial charge on any atom is -0.497 e. The van der Waals surface area contributed by atoms with E-state index in [4.69, 9.17) is 9.47 Å². The number of methoxy groups -OCH3 is 1. The lowest BCUT2D eigenvalue weighted by atomic mass is 10.1. The molecule has 0 N–H and O–H groups in total. The van der Waals surface area contributed by atoms with Crippen molar-refractivity contribution in [3.05, 3.63) is 59.9 Å².